The fourth-order valence-electron chi connectivity index (χ4n) is 1.76. The van der Waals surface area contributed by atoms with E-state index >= 15 is 0 Å². The molecule has 0 radical (unpaired) electrons. The van der Waals surface area contributed by atoms with Crippen LogP contribution in [0.4, 0.5) is 0 Å². The van der Waals surface area contributed by atoms with Gasteiger partial charge in [0.1, 0.15) is 15.6 Å². The van der Waals surface area contributed by atoms with Gasteiger partial charge in [0.25, 0.3) is 0 Å². The van der Waals surface area contributed by atoms with E-state index in [0.29, 0.717) is 24.8 Å². The molecule has 0 unspecified atom stereocenters. The quantitative estimate of drug-likeness (QED) is 0.291. The summed E-state index contributed by atoms with van der Waals surface area (Å²) in [6.45, 7) is 0. The molecule has 0 atom stereocenters. The van der Waals surface area contributed by atoms with E-state index in [1.165, 1.54) is 0 Å². The van der Waals surface area contributed by atoms with Crippen LogP contribution in [0.3, 0.4) is 0 Å². The predicted molar refractivity (Wildman–Crippen MR) is 90.8 cm³/mol. The van der Waals surface area contributed by atoms with Crippen molar-refractivity contribution < 1.29 is 8.83 Å². The third-order valence-electron chi connectivity index (χ3n) is 2.58. The van der Waals surface area contributed by atoms with E-state index in [4.69, 9.17) is 8.83 Å². The molecule has 98 valence electrons. The minimum atomic E-state index is -0.449. The molecule has 2 aromatic heterocycles. The van der Waals surface area contributed by atoms with Crippen LogP contribution in [0.5, 0.6) is 0 Å². The highest BCUT2D eigenvalue weighted by Crippen LogP contribution is 2.44. The van der Waals surface area contributed by atoms with Crippen molar-refractivity contribution in [3.63, 3.8) is 0 Å². The summed E-state index contributed by atoms with van der Waals surface area (Å²) in [5.41, 5.74) is 0.596. The van der Waals surface area contributed by atoms with Gasteiger partial charge in [0.2, 0.25) is 0 Å². The Morgan fingerprint density at radius 2 is 1.32 bits per heavy atom. The van der Waals surface area contributed by atoms with Gasteiger partial charge in [0.15, 0.2) is 4.67 Å². The molecule has 0 aliphatic carbocycles. The zero-order chi connectivity index (χ0) is 13.9. The van der Waals surface area contributed by atoms with Crippen molar-refractivity contribution in [3.8, 4) is 0 Å². The van der Waals surface area contributed by atoms with E-state index in [2.05, 4.69) is 79.6 Å². The lowest BCUT2D eigenvalue weighted by Crippen LogP contribution is -2.00. The Bertz CT molecular complexity index is 893. The number of hydrogen-bond acceptors (Lipinski definition) is 3. The SMILES string of the molecule is O=c1oc2cc3oc(Br)c(Br)c3c(Br)c2c(Br)c1Br. The first-order valence-corrected chi connectivity index (χ1v) is 8.76. The maximum atomic E-state index is 11.7. The summed E-state index contributed by atoms with van der Waals surface area (Å²) in [6, 6.07) is 1.68. The summed E-state index contributed by atoms with van der Waals surface area (Å²) in [5, 5.41) is 1.62. The first-order valence-electron chi connectivity index (χ1n) is 4.79. The third-order valence-corrected chi connectivity index (χ3v) is 7.27. The van der Waals surface area contributed by atoms with Crippen molar-refractivity contribution in [1.82, 2.24) is 0 Å². The Hall–Kier alpha value is 0.370. The fourth-order valence-corrected chi connectivity index (χ4v) is 4.76. The van der Waals surface area contributed by atoms with Gasteiger partial charge in [0.05, 0.1) is 14.3 Å². The highest BCUT2D eigenvalue weighted by molar-refractivity contribution is 9.13. The average molecular weight is 581 g/mol. The van der Waals surface area contributed by atoms with Crippen LogP contribution in [-0.2, 0) is 0 Å². The van der Waals surface area contributed by atoms with Crippen molar-refractivity contribution in [3.05, 3.63) is 39.0 Å². The van der Waals surface area contributed by atoms with Crippen molar-refractivity contribution in [2.45, 2.75) is 0 Å². The number of hydrogen-bond donors (Lipinski definition) is 0. The third kappa shape index (κ3) is 2.10. The standard InChI is InChI=1S/C11HBr5O3/c12-6-4-3(19-11(17)9(15)7(4)13)1-2-5(6)8(14)10(16)18-2/h1H. The number of fused-ring (bicyclic) bond motifs is 2. The second-order valence-corrected chi connectivity index (χ2v) is 7.54. The van der Waals surface area contributed by atoms with Gasteiger partial charge in [-0.2, -0.15) is 0 Å². The normalized spacial score (nSPS) is 11.6. The van der Waals surface area contributed by atoms with E-state index in [1.807, 2.05) is 0 Å². The van der Waals surface area contributed by atoms with Crippen LogP contribution in [-0.4, -0.2) is 0 Å². The van der Waals surface area contributed by atoms with Crippen LogP contribution in [0.1, 0.15) is 0 Å². The second-order valence-electron chi connectivity index (χ2n) is 3.64. The van der Waals surface area contributed by atoms with Gasteiger partial charge in [-0.25, -0.2) is 4.79 Å². The summed E-state index contributed by atoms with van der Waals surface area (Å²) in [5.74, 6) is 0. The summed E-state index contributed by atoms with van der Waals surface area (Å²) in [4.78, 5) is 11.7. The van der Waals surface area contributed by atoms with Gasteiger partial charge in [-0.3, -0.25) is 0 Å². The van der Waals surface area contributed by atoms with Crippen LogP contribution < -0.4 is 5.63 Å². The molecule has 0 aliphatic rings. The highest BCUT2D eigenvalue weighted by Gasteiger charge is 2.20. The van der Waals surface area contributed by atoms with E-state index < -0.39 is 5.63 Å². The van der Waals surface area contributed by atoms with Gasteiger partial charge in [-0.15, -0.1) is 0 Å². The zero-order valence-electron chi connectivity index (χ0n) is 8.69. The molecular formula is C11HBr5O3. The molecule has 2 heterocycles. The summed E-state index contributed by atoms with van der Waals surface area (Å²) >= 11 is 16.9. The molecule has 0 saturated carbocycles. The molecule has 0 aliphatic heterocycles. The largest absolute Gasteiger partial charge is 0.448 e. The minimum Gasteiger partial charge on any atom is -0.448 e. The molecule has 3 nitrogen and oxygen atoms in total. The van der Waals surface area contributed by atoms with Crippen LogP contribution in [0.2, 0.25) is 0 Å². The minimum absolute atomic E-state index is 0.346. The summed E-state index contributed by atoms with van der Waals surface area (Å²) in [7, 11) is 0. The lowest BCUT2D eigenvalue weighted by molar-refractivity contribution is 0.552. The zero-order valence-corrected chi connectivity index (χ0v) is 16.6. The Morgan fingerprint density at radius 3 is 2.00 bits per heavy atom. The maximum absolute atomic E-state index is 11.7. The fraction of sp³-hybridized carbons (Fsp3) is 0. The molecular weight excluding hydrogens is 580 g/mol. The predicted octanol–water partition coefficient (Wildman–Crippen LogP) is 6.35. The smallest absolute Gasteiger partial charge is 0.351 e. The molecule has 0 N–H and O–H groups in total. The van der Waals surface area contributed by atoms with Crippen LogP contribution in [0, 0.1) is 0 Å². The number of halogens is 5. The van der Waals surface area contributed by atoms with Crippen molar-refractivity contribution in [1.29, 1.82) is 0 Å². The summed E-state index contributed by atoms with van der Waals surface area (Å²) < 4.78 is 13.9. The molecule has 19 heavy (non-hydrogen) atoms. The molecule has 0 spiro atoms. The molecule has 1 aromatic carbocycles. The maximum Gasteiger partial charge on any atom is 0.351 e. The highest BCUT2D eigenvalue weighted by atomic mass is 79.9. The molecule has 3 aromatic rings. The van der Waals surface area contributed by atoms with Crippen molar-refractivity contribution >= 4 is 102 Å². The Morgan fingerprint density at radius 1 is 0.737 bits per heavy atom. The second kappa shape index (κ2) is 4.98. The van der Waals surface area contributed by atoms with E-state index in [9.17, 15) is 4.79 Å². The molecule has 0 fully saturated rings. The van der Waals surface area contributed by atoms with Crippen molar-refractivity contribution in [2.75, 3.05) is 0 Å². The van der Waals surface area contributed by atoms with Gasteiger partial charge >= 0.3 is 5.63 Å². The first kappa shape index (κ1) is 14.3. The van der Waals surface area contributed by atoms with Gasteiger partial charge in [0, 0.05) is 15.9 Å². The Labute approximate surface area is 148 Å². The van der Waals surface area contributed by atoms with Crippen LogP contribution in [0.15, 0.2) is 42.3 Å². The molecule has 0 bridgehead atoms. The average Bonchev–Trinajstić information content (AvgIpc) is 2.62. The van der Waals surface area contributed by atoms with E-state index in [1.54, 1.807) is 6.07 Å². The van der Waals surface area contributed by atoms with E-state index in [-0.39, 0.29) is 0 Å². The number of benzene rings is 1. The van der Waals surface area contributed by atoms with Gasteiger partial charge in [-0.1, -0.05) is 0 Å². The molecule has 0 amide bonds. The van der Waals surface area contributed by atoms with Crippen LogP contribution >= 0.6 is 79.6 Å². The van der Waals surface area contributed by atoms with Crippen LogP contribution in [0.25, 0.3) is 21.9 Å². The number of rotatable bonds is 0. The molecule has 3 rings (SSSR count). The monoisotopic (exact) mass is 576 g/mol. The summed E-state index contributed by atoms with van der Waals surface area (Å²) in [6.07, 6.45) is 0. The number of furan rings is 1. The first-order chi connectivity index (χ1) is 8.91. The van der Waals surface area contributed by atoms with Crippen molar-refractivity contribution in [2.24, 2.45) is 0 Å². The Kier molecular flexibility index (Phi) is 3.75. The van der Waals surface area contributed by atoms with E-state index in [0.717, 1.165) is 19.7 Å². The van der Waals surface area contributed by atoms with Gasteiger partial charge < -0.3 is 8.83 Å². The lowest BCUT2D eigenvalue weighted by Gasteiger charge is -2.05. The lowest BCUT2D eigenvalue weighted by atomic mass is 10.2. The molecule has 0 saturated heterocycles. The topological polar surface area (TPSA) is 43.4 Å². The molecule has 8 heteroatoms. The Balaban J connectivity index is 2.66. The van der Waals surface area contributed by atoms with Gasteiger partial charge in [-0.05, 0) is 79.6 Å².